The largest absolute Gasteiger partial charge is 0.307 e. The molecule has 0 aromatic heterocycles. The summed E-state index contributed by atoms with van der Waals surface area (Å²) < 4.78 is 0. The minimum atomic E-state index is -0.0155. The van der Waals surface area contributed by atoms with E-state index in [2.05, 4.69) is 90.1 Å². The first-order valence-corrected chi connectivity index (χ1v) is 17.6. The normalized spacial score (nSPS) is 15.2. The van der Waals surface area contributed by atoms with Gasteiger partial charge in [0, 0.05) is 13.1 Å². The van der Waals surface area contributed by atoms with Gasteiger partial charge in [-0.3, -0.25) is 9.59 Å². The number of hydrogen-bond donors (Lipinski definition) is 0. The van der Waals surface area contributed by atoms with Crippen LogP contribution in [-0.2, 0) is 9.59 Å². The smallest absolute Gasteiger partial charge is 0.261 e. The second-order valence-electron chi connectivity index (χ2n) is 13.4. The quantitative estimate of drug-likeness (QED) is 0.161. The van der Waals surface area contributed by atoms with Crippen LogP contribution in [-0.4, -0.2) is 34.7 Å². The Balaban J connectivity index is 1.75. The number of carbonyl (C=O) groups excluding carboxylic acids is 2. The molecule has 0 saturated heterocycles. The molecule has 0 bridgehead atoms. The van der Waals surface area contributed by atoms with Gasteiger partial charge in [0.05, 0.1) is 22.5 Å². The molecule has 0 unspecified atom stereocenters. The van der Waals surface area contributed by atoms with E-state index >= 15 is 0 Å². The molecule has 4 rings (SSSR count). The van der Waals surface area contributed by atoms with Gasteiger partial charge in [-0.15, -0.1) is 0 Å². The zero-order valence-corrected chi connectivity index (χ0v) is 28.4. The van der Waals surface area contributed by atoms with Crippen LogP contribution in [0.15, 0.2) is 59.7 Å². The molecule has 0 spiro atoms. The van der Waals surface area contributed by atoms with E-state index in [0.717, 1.165) is 48.2 Å². The standard InChI is InChI=1S/C40H56N2O2/c1-7-9-11-13-15-17-27-41-37(33-23-19-31(20-24-33)29(3)4)35-36(39(41)43)38(34-25-21-32(22-26-34)30(5)6)42(40(35)44)28-18-16-14-12-10-8-2/h19-26,29-30H,7-18,27-28H2,1-6H3. The molecule has 2 aromatic rings. The van der Waals surface area contributed by atoms with E-state index in [0.29, 0.717) is 36.1 Å². The van der Waals surface area contributed by atoms with Crippen LogP contribution in [0.2, 0.25) is 0 Å². The number of nitrogens with zero attached hydrogens (tertiary/aromatic N) is 2. The van der Waals surface area contributed by atoms with E-state index in [1.54, 1.807) is 0 Å². The highest BCUT2D eigenvalue weighted by molar-refractivity contribution is 6.30. The predicted molar refractivity (Wildman–Crippen MR) is 185 cm³/mol. The first-order valence-electron chi connectivity index (χ1n) is 17.6. The maximum absolute atomic E-state index is 14.5. The number of benzene rings is 2. The number of amides is 2. The summed E-state index contributed by atoms with van der Waals surface area (Å²) in [5, 5.41) is 0. The van der Waals surface area contributed by atoms with Crippen LogP contribution in [0.3, 0.4) is 0 Å². The predicted octanol–water partition coefficient (Wildman–Crippen LogP) is 10.5. The Morgan fingerprint density at radius 2 is 0.795 bits per heavy atom. The molecule has 2 heterocycles. The molecule has 0 saturated carbocycles. The van der Waals surface area contributed by atoms with Gasteiger partial charge in [-0.2, -0.15) is 0 Å². The molecule has 238 valence electrons. The third-order valence-electron chi connectivity index (χ3n) is 9.35. The van der Waals surface area contributed by atoms with Gasteiger partial charge >= 0.3 is 0 Å². The van der Waals surface area contributed by atoms with Gasteiger partial charge in [-0.25, -0.2) is 0 Å². The van der Waals surface area contributed by atoms with Crippen molar-refractivity contribution in [2.45, 2.75) is 130 Å². The Bertz CT molecular complexity index is 1210. The van der Waals surface area contributed by atoms with E-state index in [4.69, 9.17) is 0 Å². The van der Waals surface area contributed by atoms with Crippen LogP contribution in [0.5, 0.6) is 0 Å². The highest BCUT2D eigenvalue weighted by Crippen LogP contribution is 2.47. The maximum Gasteiger partial charge on any atom is 0.261 e. The van der Waals surface area contributed by atoms with Crippen molar-refractivity contribution in [2.24, 2.45) is 0 Å². The number of rotatable bonds is 18. The summed E-state index contributed by atoms with van der Waals surface area (Å²) in [4.78, 5) is 32.8. The average Bonchev–Trinajstić information content (AvgIpc) is 3.47. The zero-order chi connectivity index (χ0) is 31.6. The van der Waals surface area contributed by atoms with Crippen LogP contribution >= 0.6 is 0 Å². The lowest BCUT2D eigenvalue weighted by Gasteiger charge is -2.26. The van der Waals surface area contributed by atoms with Gasteiger partial charge in [-0.1, -0.05) is 154 Å². The van der Waals surface area contributed by atoms with Crippen molar-refractivity contribution in [3.63, 3.8) is 0 Å². The summed E-state index contributed by atoms with van der Waals surface area (Å²) in [5.74, 6) is 0.808. The lowest BCUT2D eigenvalue weighted by molar-refractivity contribution is -0.124. The summed E-state index contributed by atoms with van der Waals surface area (Å²) in [6.07, 6.45) is 13.9. The zero-order valence-electron chi connectivity index (χ0n) is 28.4. The van der Waals surface area contributed by atoms with Crippen molar-refractivity contribution in [3.8, 4) is 0 Å². The minimum absolute atomic E-state index is 0.0155. The molecule has 2 amide bonds. The van der Waals surface area contributed by atoms with E-state index in [9.17, 15) is 9.59 Å². The molecule has 2 aromatic carbocycles. The second-order valence-corrected chi connectivity index (χ2v) is 13.4. The summed E-state index contributed by atoms with van der Waals surface area (Å²) >= 11 is 0. The molecule has 2 aliphatic heterocycles. The molecular formula is C40H56N2O2. The van der Waals surface area contributed by atoms with E-state index < -0.39 is 0 Å². The molecule has 4 heteroatoms. The summed E-state index contributed by atoms with van der Waals surface area (Å²) in [7, 11) is 0. The summed E-state index contributed by atoms with van der Waals surface area (Å²) in [6, 6.07) is 17.1. The van der Waals surface area contributed by atoms with Crippen LogP contribution < -0.4 is 0 Å². The van der Waals surface area contributed by atoms with Crippen molar-refractivity contribution in [2.75, 3.05) is 13.1 Å². The van der Waals surface area contributed by atoms with E-state index in [1.165, 1.54) is 62.5 Å². The number of hydrogen-bond acceptors (Lipinski definition) is 2. The third-order valence-corrected chi connectivity index (χ3v) is 9.35. The maximum atomic E-state index is 14.5. The molecule has 4 nitrogen and oxygen atoms in total. The molecule has 2 aliphatic rings. The Labute approximate surface area is 267 Å². The highest BCUT2D eigenvalue weighted by atomic mass is 16.2. The van der Waals surface area contributed by atoms with Crippen LogP contribution in [0.25, 0.3) is 11.4 Å². The van der Waals surface area contributed by atoms with Gasteiger partial charge in [0.15, 0.2) is 0 Å². The number of unbranched alkanes of at least 4 members (excludes halogenated alkanes) is 10. The number of fused-ring (bicyclic) bond motifs is 1. The molecule has 0 N–H and O–H groups in total. The van der Waals surface area contributed by atoms with Crippen LogP contribution in [0.1, 0.15) is 153 Å². The van der Waals surface area contributed by atoms with Gasteiger partial charge in [0.25, 0.3) is 11.8 Å². The Morgan fingerprint density at radius 3 is 1.11 bits per heavy atom. The van der Waals surface area contributed by atoms with Gasteiger partial charge < -0.3 is 9.80 Å². The lowest BCUT2D eigenvalue weighted by atomic mass is 9.97. The lowest BCUT2D eigenvalue weighted by Crippen LogP contribution is -2.31. The first-order chi connectivity index (χ1) is 21.3. The minimum Gasteiger partial charge on any atom is -0.307 e. The topological polar surface area (TPSA) is 40.6 Å². The summed E-state index contributed by atoms with van der Waals surface area (Å²) in [6.45, 7) is 14.5. The van der Waals surface area contributed by atoms with Crippen molar-refractivity contribution >= 4 is 23.2 Å². The van der Waals surface area contributed by atoms with Crippen molar-refractivity contribution < 1.29 is 9.59 Å². The highest BCUT2D eigenvalue weighted by Gasteiger charge is 2.48. The fraction of sp³-hybridized carbons (Fsp3) is 0.550. The molecular weight excluding hydrogens is 540 g/mol. The van der Waals surface area contributed by atoms with Crippen LogP contribution in [0, 0.1) is 0 Å². The van der Waals surface area contributed by atoms with Crippen LogP contribution in [0.4, 0.5) is 0 Å². The SMILES string of the molecule is CCCCCCCCN1C(=O)C2=C(c3ccc(C(C)C)cc3)N(CCCCCCCC)C(=O)C2=C1c1ccc(C(C)C)cc1. The first kappa shape index (κ1) is 33.7. The molecule has 0 aliphatic carbocycles. The van der Waals surface area contributed by atoms with E-state index in [1.807, 2.05) is 9.80 Å². The van der Waals surface area contributed by atoms with Gasteiger partial charge in [0.1, 0.15) is 0 Å². The molecule has 0 atom stereocenters. The fourth-order valence-corrected chi connectivity index (χ4v) is 6.58. The van der Waals surface area contributed by atoms with E-state index in [-0.39, 0.29) is 11.8 Å². The Hall–Kier alpha value is -3.14. The molecule has 0 fully saturated rings. The van der Waals surface area contributed by atoms with Gasteiger partial charge in [-0.05, 0) is 46.9 Å². The Morgan fingerprint density at radius 1 is 0.477 bits per heavy atom. The summed E-state index contributed by atoms with van der Waals surface area (Å²) in [5.41, 5.74) is 7.26. The fourth-order valence-electron chi connectivity index (χ4n) is 6.58. The third kappa shape index (κ3) is 7.73. The van der Waals surface area contributed by atoms with Crippen molar-refractivity contribution in [1.82, 2.24) is 9.80 Å². The second kappa shape index (κ2) is 16.3. The van der Waals surface area contributed by atoms with Crippen molar-refractivity contribution in [3.05, 3.63) is 81.9 Å². The molecule has 44 heavy (non-hydrogen) atoms. The molecule has 0 radical (unpaired) electrons. The van der Waals surface area contributed by atoms with Gasteiger partial charge in [0.2, 0.25) is 0 Å². The number of carbonyl (C=O) groups is 2. The average molecular weight is 597 g/mol. The monoisotopic (exact) mass is 596 g/mol. The van der Waals surface area contributed by atoms with Crippen molar-refractivity contribution in [1.29, 1.82) is 0 Å². The Kier molecular flexibility index (Phi) is 12.5.